The second kappa shape index (κ2) is 4.16. The summed E-state index contributed by atoms with van der Waals surface area (Å²) in [5.74, 6) is 0.782. The van der Waals surface area contributed by atoms with Crippen molar-refractivity contribution < 1.29 is 4.74 Å². The number of rotatable bonds is 3. The molecule has 0 bridgehead atoms. The van der Waals surface area contributed by atoms with Crippen molar-refractivity contribution in [2.24, 2.45) is 0 Å². The van der Waals surface area contributed by atoms with Gasteiger partial charge < -0.3 is 9.64 Å². The Balaban J connectivity index is 1.79. The molecule has 2 aliphatic heterocycles. The van der Waals surface area contributed by atoms with Crippen LogP contribution in [0.15, 0.2) is 0 Å². The van der Waals surface area contributed by atoms with E-state index in [1.165, 1.54) is 25.8 Å². The van der Waals surface area contributed by atoms with Crippen molar-refractivity contribution in [2.45, 2.75) is 31.3 Å². The van der Waals surface area contributed by atoms with Gasteiger partial charge in [-0.2, -0.15) is 0 Å². The van der Waals surface area contributed by atoms with Crippen molar-refractivity contribution in [1.29, 1.82) is 0 Å². The Kier molecular flexibility index (Phi) is 3.12. The molecule has 3 heteroatoms. The number of likely N-dealkylation sites (tertiary alicyclic amines) is 1. The van der Waals surface area contributed by atoms with Crippen LogP contribution in [0.25, 0.3) is 0 Å². The summed E-state index contributed by atoms with van der Waals surface area (Å²) in [6.07, 6.45) is 4.86. The summed E-state index contributed by atoms with van der Waals surface area (Å²) < 4.78 is 5.84. The highest BCUT2D eigenvalue weighted by Gasteiger charge is 2.41. The topological polar surface area (TPSA) is 12.5 Å². The second-order valence-electron chi connectivity index (χ2n) is 4.20. The van der Waals surface area contributed by atoms with Crippen LogP contribution in [0.3, 0.4) is 0 Å². The molecule has 0 amide bonds. The maximum absolute atomic E-state index is 5.84. The van der Waals surface area contributed by atoms with Gasteiger partial charge in [0, 0.05) is 25.6 Å². The minimum absolute atomic E-state index is 0.242. The Morgan fingerprint density at radius 3 is 3.00 bits per heavy atom. The molecule has 2 fully saturated rings. The van der Waals surface area contributed by atoms with E-state index in [9.17, 15) is 0 Å². The molecule has 13 heavy (non-hydrogen) atoms. The minimum Gasteiger partial charge on any atom is -0.374 e. The van der Waals surface area contributed by atoms with Crippen LogP contribution in [0.2, 0.25) is 0 Å². The summed E-state index contributed by atoms with van der Waals surface area (Å²) >= 11 is 5.67. The molecule has 1 spiro atoms. The summed E-state index contributed by atoms with van der Waals surface area (Å²) in [6, 6.07) is 0. The highest BCUT2D eigenvalue weighted by molar-refractivity contribution is 6.17. The van der Waals surface area contributed by atoms with E-state index in [1.54, 1.807) is 0 Å². The van der Waals surface area contributed by atoms with Crippen molar-refractivity contribution in [3.05, 3.63) is 0 Å². The van der Waals surface area contributed by atoms with Gasteiger partial charge in [-0.1, -0.05) is 0 Å². The lowest BCUT2D eigenvalue weighted by atomic mass is 10.00. The first kappa shape index (κ1) is 9.75. The van der Waals surface area contributed by atoms with E-state index in [0.29, 0.717) is 0 Å². The molecule has 2 aliphatic rings. The number of hydrogen-bond donors (Lipinski definition) is 0. The largest absolute Gasteiger partial charge is 0.374 e. The number of halogens is 1. The minimum atomic E-state index is 0.242. The molecule has 2 saturated heterocycles. The molecule has 76 valence electrons. The Labute approximate surface area is 85.2 Å². The zero-order valence-corrected chi connectivity index (χ0v) is 8.85. The maximum atomic E-state index is 5.84. The Morgan fingerprint density at radius 1 is 1.38 bits per heavy atom. The van der Waals surface area contributed by atoms with Gasteiger partial charge in [-0.15, -0.1) is 11.6 Å². The van der Waals surface area contributed by atoms with E-state index >= 15 is 0 Å². The molecule has 0 aromatic heterocycles. The van der Waals surface area contributed by atoms with Gasteiger partial charge in [0.1, 0.15) is 0 Å². The highest BCUT2D eigenvalue weighted by atomic mass is 35.5. The quantitative estimate of drug-likeness (QED) is 0.650. The molecule has 2 nitrogen and oxygen atoms in total. The zero-order valence-electron chi connectivity index (χ0n) is 8.10. The van der Waals surface area contributed by atoms with Crippen LogP contribution in [-0.2, 0) is 4.74 Å². The number of nitrogens with zero attached hydrogens (tertiary/aromatic N) is 1. The molecular formula is C10H18ClNO. The van der Waals surface area contributed by atoms with Gasteiger partial charge in [-0.25, -0.2) is 0 Å². The van der Waals surface area contributed by atoms with Gasteiger partial charge in [0.2, 0.25) is 0 Å². The van der Waals surface area contributed by atoms with E-state index in [2.05, 4.69) is 4.90 Å². The van der Waals surface area contributed by atoms with E-state index in [1.807, 2.05) is 0 Å². The number of hydrogen-bond acceptors (Lipinski definition) is 2. The molecule has 1 unspecified atom stereocenters. The molecule has 0 aliphatic carbocycles. The smallest absolute Gasteiger partial charge is 0.0821 e. The highest BCUT2D eigenvalue weighted by Crippen LogP contribution is 2.34. The van der Waals surface area contributed by atoms with Gasteiger partial charge in [-0.3, -0.25) is 0 Å². The van der Waals surface area contributed by atoms with Crippen LogP contribution in [0.5, 0.6) is 0 Å². The van der Waals surface area contributed by atoms with Crippen LogP contribution >= 0.6 is 11.6 Å². The van der Waals surface area contributed by atoms with Crippen molar-refractivity contribution >= 4 is 11.6 Å². The first-order valence-corrected chi connectivity index (χ1v) is 5.80. The fourth-order valence-corrected chi connectivity index (χ4v) is 2.60. The van der Waals surface area contributed by atoms with Gasteiger partial charge in [-0.05, 0) is 32.2 Å². The van der Waals surface area contributed by atoms with Gasteiger partial charge in [0.25, 0.3) is 0 Å². The Morgan fingerprint density at radius 2 is 2.31 bits per heavy atom. The number of ether oxygens (including phenoxy) is 1. The molecule has 0 radical (unpaired) electrons. The van der Waals surface area contributed by atoms with Crippen molar-refractivity contribution in [3.8, 4) is 0 Å². The third-order valence-corrected chi connectivity index (χ3v) is 3.46. The summed E-state index contributed by atoms with van der Waals surface area (Å²) in [4.78, 5) is 2.49. The van der Waals surface area contributed by atoms with Crippen molar-refractivity contribution in [3.63, 3.8) is 0 Å². The van der Waals surface area contributed by atoms with Crippen molar-refractivity contribution in [1.82, 2.24) is 4.90 Å². The van der Waals surface area contributed by atoms with Gasteiger partial charge >= 0.3 is 0 Å². The van der Waals surface area contributed by atoms with Crippen molar-refractivity contribution in [2.75, 3.05) is 32.1 Å². The number of alkyl halides is 1. The monoisotopic (exact) mass is 203 g/mol. The van der Waals surface area contributed by atoms with E-state index in [0.717, 1.165) is 32.0 Å². The molecule has 0 aromatic rings. The first-order chi connectivity index (χ1) is 6.35. The first-order valence-electron chi connectivity index (χ1n) is 5.27. The molecule has 0 aromatic carbocycles. The predicted octanol–water partition coefficient (Wildman–Crippen LogP) is 1.87. The Bertz CT molecular complexity index is 168. The SMILES string of the molecule is ClCCCN1CCC2(CCCO2)C1. The van der Waals surface area contributed by atoms with Crippen LogP contribution in [0, 0.1) is 0 Å². The normalized spacial score (nSPS) is 34.8. The van der Waals surface area contributed by atoms with Gasteiger partial charge in [0.05, 0.1) is 5.60 Å². The van der Waals surface area contributed by atoms with Crippen LogP contribution < -0.4 is 0 Å². The lowest BCUT2D eigenvalue weighted by Gasteiger charge is -2.22. The standard InChI is InChI=1S/C10H18ClNO/c11-5-2-6-12-7-4-10(9-12)3-1-8-13-10/h1-9H2. The Hall–Kier alpha value is 0.210. The molecule has 2 heterocycles. The third kappa shape index (κ3) is 2.17. The lowest BCUT2D eigenvalue weighted by Crippen LogP contribution is -2.32. The summed E-state index contributed by atoms with van der Waals surface area (Å²) in [5, 5.41) is 0. The van der Waals surface area contributed by atoms with Crippen LogP contribution in [0.1, 0.15) is 25.7 Å². The van der Waals surface area contributed by atoms with Gasteiger partial charge in [0.15, 0.2) is 0 Å². The predicted molar refractivity (Wildman–Crippen MR) is 54.3 cm³/mol. The van der Waals surface area contributed by atoms with E-state index in [-0.39, 0.29) is 5.60 Å². The summed E-state index contributed by atoms with van der Waals surface area (Å²) in [7, 11) is 0. The third-order valence-electron chi connectivity index (χ3n) is 3.19. The molecule has 0 N–H and O–H groups in total. The fraction of sp³-hybridized carbons (Fsp3) is 1.00. The summed E-state index contributed by atoms with van der Waals surface area (Å²) in [6.45, 7) is 4.47. The molecular weight excluding hydrogens is 186 g/mol. The summed E-state index contributed by atoms with van der Waals surface area (Å²) in [5.41, 5.74) is 0.242. The zero-order chi connectivity index (χ0) is 9.15. The fourth-order valence-electron chi connectivity index (χ4n) is 2.48. The molecule has 2 rings (SSSR count). The van der Waals surface area contributed by atoms with E-state index < -0.39 is 0 Å². The molecule has 1 atom stereocenters. The van der Waals surface area contributed by atoms with Crippen LogP contribution in [0.4, 0.5) is 0 Å². The van der Waals surface area contributed by atoms with Crippen LogP contribution in [-0.4, -0.2) is 42.6 Å². The molecule has 0 saturated carbocycles. The lowest BCUT2D eigenvalue weighted by molar-refractivity contribution is 0.0128. The maximum Gasteiger partial charge on any atom is 0.0821 e. The second-order valence-corrected chi connectivity index (χ2v) is 4.58. The average molecular weight is 204 g/mol. The van der Waals surface area contributed by atoms with E-state index in [4.69, 9.17) is 16.3 Å². The average Bonchev–Trinajstić information content (AvgIpc) is 2.74.